The molecule has 7 heteroatoms. The molecular formula is C68H89N7. The Bertz CT molecular complexity index is 2520. The van der Waals surface area contributed by atoms with Crippen molar-refractivity contribution in [3.63, 3.8) is 0 Å². The fourth-order valence-electron chi connectivity index (χ4n) is 9.98. The third kappa shape index (κ3) is 16.8. The first-order valence-corrected chi connectivity index (χ1v) is 27.4. The maximum atomic E-state index is 5.88. The van der Waals surface area contributed by atoms with Crippen LogP contribution in [0.1, 0.15) is 158 Å². The van der Waals surface area contributed by atoms with Crippen molar-refractivity contribution in [3.8, 4) is 0 Å². The van der Waals surface area contributed by atoms with E-state index in [-0.39, 0.29) is 32.5 Å². The van der Waals surface area contributed by atoms with Crippen molar-refractivity contribution >= 4 is 51.8 Å². The SMILES string of the molecule is CC(C)(C)Cc1cccc(N(c2cc(N(c3cccc(CC(C)(C)C)c3)c3cccc(CC(C)(C)C)n3)nc(N(c3cccc(CC(C)(C)C)c3)c3cccc(CC(C)(C)C)n3)c2)c2cccc(CC(C)(C)C)n2)c1. The molecule has 0 aliphatic carbocycles. The molecule has 7 aromatic rings. The van der Waals surface area contributed by atoms with Gasteiger partial charge in [0.1, 0.15) is 29.1 Å². The molecule has 0 fully saturated rings. The van der Waals surface area contributed by atoms with E-state index in [4.69, 9.17) is 19.9 Å². The Morgan fingerprint density at radius 3 is 0.813 bits per heavy atom. The molecule has 4 heterocycles. The van der Waals surface area contributed by atoms with Gasteiger partial charge in [-0.15, -0.1) is 0 Å². The lowest BCUT2D eigenvalue weighted by Gasteiger charge is -2.32. The van der Waals surface area contributed by atoms with E-state index in [9.17, 15) is 0 Å². The van der Waals surface area contributed by atoms with Gasteiger partial charge in [0.2, 0.25) is 0 Å². The molecule has 0 unspecified atom stereocenters. The predicted octanol–water partition coefficient (Wildman–Crippen LogP) is 19.2. The average molecular weight is 1000 g/mol. The normalized spacial score (nSPS) is 12.7. The van der Waals surface area contributed by atoms with Crippen LogP contribution < -0.4 is 14.7 Å². The number of rotatable bonds is 15. The van der Waals surface area contributed by atoms with E-state index in [2.05, 4.69) is 279 Å². The molecule has 0 bridgehead atoms. The van der Waals surface area contributed by atoms with Crippen molar-refractivity contribution in [2.24, 2.45) is 32.5 Å². The molecule has 0 aliphatic rings. The van der Waals surface area contributed by atoms with Gasteiger partial charge in [-0.2, -0.15) is 0 Å². The Morgan fingerprint density at radius 1 is 0.253 bits per heavy atom. The lowest BCUT2D eigenvalue weighted by molar-refractivity contribution is 0.406. The summed E-state index contributed by atoms with van der Waals surface area (Å²) in [5.74, 6) is 3.88. The van der Waals surface area contributed by atoms with E-state index in [0.29, 0.717) is 0 Å². The lowest BCUT2D eigenvalue weighted by atomic mass is 9.88. The van der Waals surface area contributed by atoms with Crippen LogP contribution in [0.25, 0.3) is 0 Å². The van der Waals surface area contributed by atoms with Crippen LogP contribution in [-0.4, -0.2) is 19.9 Å². The van der Waals surface area contributed by atoms with Gasteiger partial charge in [-0.25, -0.2) is 19.9 Å². The van der Waals surface area contributed by atoms with E-state index in [1.54, 1.807) is 0 Å². The smallest absolute Gasteiger partial charge is 0.143 e. The number of hydrogen-bond donors (Lipinski definition) is 0. The number of benzene rings is 3. The highest BCUT2D eigenvalue weighted by atomic mass is 15.3. The summed E-state index contributed by atoms with van der Waals surface area (Å²) in [7, 11) is 0. The van der Waals surface area contributed by atoms with Gasteiger partial charge in [-0.3, -0.25) is 14.7 Å². The number of nitrogens with zero attached hydrogens (tertiary/aromatic N) is 7. The first-order chi connectivity index (χ1) is 34.8. The first-order valence-electron chi connectivity index (χ1n) is 27.4. The van der Waals surface area contributed by atoms with Crippen LogP contribution in [0, 0.1) is 32.5 Å². The average Bonchev–Trinajstić information content (AvgIpc) is 3.24. The molecule has 0 amide bonds. The summed E-state index contributed by atoms with van der Waals surface area (Å²) in [6.07, 6.45) is 5.22. The predicted molar refractivity (Wildman–Crippen MR) is 321 cm³/mol. The zero-order chi connectivity index (χ0) is 54.7. The molecule has 0 spiro atoms. The van der Waals surface area contributed by atoms with Gasteiger partial charge in [-0.1, -0.05) is 179 Å². The van der Waals surface area contributed by atoms with Crippen molar-refractivity contribution < 1.29 is 0 Å². The monoisotopic (exact) mass is 1000 g/mol. The molecule has 3 aromatic carbocycles. The summed E-state index contributed by atoms with van der Waals surface area (Å²) in [4.78, 5) is 29.3. The van der Waals surface area contributed by atoms with Gasteiger partial charge < -0.3 is 0 Å². The van der Waals surface area contributed by atoms with E-state index in [1.165, 1.54) is 16.7 Å². The Balaban J connectivity index is 1.62. The summed E-state index contributed by atoms with van der Waals surface area (Å²) in [5.41, 5.74) is 11.1. The fraction of sp³-hybridized carbons (Fsp3) is 0.441. The lowest BCUT2D eigenvalue weighted by Crippen LogP contribution is -2.21. The van der Waals surface area contributed by atoms with Gasteiger partial charge in [0.15, 0.2) is 0 Å². The molecule has 0 saturated carbocycles. The van der Waals surface area contributed by atoms with Gasteiger partial charge in [0, 0.05) is 46.3 Å². The van der Waals surface area contributed by atoms with E-state index < -0.39 is 0 Å². The molecule has 75 heavy (non-hydrogen) atoms. The molecule has 0 N–H and O–H groups in total. The standard InChI is InChI=1S/C68H89N7/c1-63(2,3)42-48-25-19-31-54(37-48)73(58-34-22-28-51(69-58)45-66(10,11)12)57-40-61(74(55-32-20-26-49(38-55)43-64(4,5)6)59-35-23-29-52(70-59)46-67(13,14)15)72-62(41-57)75(56-33-21-27-50(39-56)44-65(7,8)9)60-36-24-30-53(71-60)47-68(16,17)18/h19-41H,42-47H2,1-18H3. The summed E-state index contributed by atoms with van der Waals surface area (Å²) >= 11 is 0. The van der Waals surface area contributed by atoms with Crippen LogP contribution in [-0.2, 0) is 38.5 Å². The second-order valence-electron chi connectivity index (χ2n) is 28.4. The molecule has 396 valence electrons. The third-order valence-electron chi connectivity index (χ3n) is 12.4. The first kappa shape index (κ1) is 56.4. The van der Waals surface area contributed by atoms with Crippen molar-refractivity contribution in [3.05, 3.63) is 173 Å². The third-order valence-corrected chi connectivity index (χ3v) is 12.4. The summed E-state index contributed by atoms with van der Waals surface area (Å²) in [5, 5.41) is 0. The highest BCUT2D eigenvalue weighted by molar-refractivity contribution is 5.85. The van der Waals surface area contributed by atoms with Crippen molar-refractivity contribution in [2.45, 2.75) is 163 Å². The van der Waals surface area contributed by atoms with E-state index >= 15 is 0 Å². The molecule has 0 saturated heterocycles. The van der Waals surface area contributed by atoms with Gasteiger partial charge in [0.25, 0.3) is 0 Å². The van der Waals surface area contributed by atoms with Crippen molar-refractivity contribution in [1.29, 1.82) is 0 Å². The minimum Gasteiger partial charge on any atom is -0.295 e. The Hall–Kier alpha value is -6.34. The summed E-state index contributed by atoms with van der Waals surface area (Å²) in [6.45, 7) is 41.2. The Morgan fingerprint density at radius 2 is 0.520 bits per heavy atom. The van der Waals surface area contributed by atoms with E-state index in [1.807, 2.05) is 0 Å². The fourth-order valence-corrected chi connectivity index (χ4v) is 9.98. The molecule has 7 rings (SSSR count). The molecule has 4 aromatic heterocycles. The van der Waals surface area contributed by atoms with E-state index in [0.717, 1.165) is 107 Å². The van der Waals surface area contributed by atoms with Crippen LogP contribution in [0.2, 0.25) is 0 Å². The van der Waals surface area contributed by atoms with Crippen LogP contribution in [0.3, 0.4) is 0 Å². The number of hydrogen-bond acceptors (Lipinski definition) is 7. The Labute approximate surface area is 453 Å². The number of pyridine rings is 4. The Kier molecular flexibility index (Phi) is 16.6. The second-order valence-corrected chi connectivity index (χ2v) is 28.4. The minimum atomic E-state index is 0.0293. The zero-order valence-electron chi connectivity index (χ0n) is 49.2. The van der Waals surface area contributed by atoms with Gasteiger partial charge in [-0.05, 0) is 161 Å². The van der Waals surface area contributed by atoms with Crippen molar-refractivity contribution in [1.82, 2.24) is 19.9 Å². The quantitative estimate of drug-likeness (QED) is 0.101. The molecule has 0 atom stereocenters. The summed E-state index contributed by atoms with van der Waals surface area (Å²) in [6, 6.07) is 50.8. The molecular weight excluding hydrogens is 915 g/mol. The van der Waals surface area contributed by atoms with Crippen LogP contribution in [0.5, 0.6) is 0 Å². The maximum Gasteiger partial charge on any atom is 0.143 e. The van der Waals surface area contributed by atoms with Crippen LogP contribution in [0.4, 0.5) is 51.8 Å². The van der Waals surface area contributed by atoms with Crippen LogP contribution in [0.15, 0.2) is 140 Å². The minimum absolute atomic E-state index is 0.0293. The number of aromatic nitrogens is 4. The molecule has 0 aliphatic heterocycles. The van der Waals surface area contributed by atoms with Crippen molar-refractivity contribution in [2.75, 3.05) is 14.7 Å². The maximum absolute atomic E-state index is 5.88. The highest BCUT2D eigenvalue weighted by Gasteiger charge is 2.28. The topological polar surface area (TPSA) is 61.3 Å². The van der Waals surface area contributed by atoms with Gasteiger partial charge >= 0.3 is 0 Å². The number of anilines is 9. The summed E-state index contributed by atoms with van der Waals surface area (Å²) < 4.78 is 0. The molecule has 7 nitrogen and oxygen atoms in total. The molecule has 0 radical (unpaired) electrons. The highest BCUT2D eigenvalue weighted by Crippen LogP contribution is 2.45. The second kappa shape index (κ2) is 22.1. The largest absolute Gasteiger partial charge is 0.295 e. The van der Waals surface area contributed by atoms with Crippen LogP contribution >= 0.6 is 0 Å². The van der Waals surface area contributed by atoms with Gasteiger partial charge in [0.05, 0.1) is 5.69 Å². The zero-order valence-corrected chi connectivity index (χ0v) is 49.2.